The van der Waals surface area contributed by atoms with Crippen molar-refractivity contribution in [1.29, 1.82) is 0 Å². The van der Waals surface area contributed by atoms with Crippen molar-refractivity contribution >= 4 is 28.6 Å². The highest BCUT2D eigenvalue weighted by molar-refractivity contribution is 6.28. The van der Waals surface area contributed by atoms with Crippen molar-refractivity contribution < 1.29 is 4.79 Å². The van der Waals surface area contributed by atoms with Crippen LogP contribution >= 0.6 is 0 Å². The number of aromatic nitrogens is 1. The average molecular weight is 301 g/mol. The summed E-state index contributed by atoms with van der Waals surface area (Å²) in [6, 6.07) is 18.1. The van der Waals surface area contributed by atoms with Gasteiger partial charge in [0.2, 0.25) is 0 Å². The molecule has 23 heavy (non-hydrogen) atoms. The van der Waals surface area contributed by atoms with Crippen LogP contribution in [0.3, 0.4) is 0 Å². The molecule has 0 unspecified atom stereocenters. The van der Waals surface area contributed by atoms with E-state index < -0.39 is 0 Å². The van der Waals surface area contributed by atoms with Crippen molar-refractivity contribution in [2.24, 2.45) is 5.10 Å². The van der Waals surface area contributed by atoms with Crippen molar-refractivity contribution in [3.8, 4) is 0 Å². The maximum Gasteiger partial charge on any atom is 0.273 e. The molecule has 4 rings (SSSR count). The van der Waals surface area contributed by atoms with Crippen molar-refractivity contribution in [3.63, 3.8) is 0 Å². The van der Waals surface area contributed by atoms with Crippen LogP contribution in [0.15, 0.2) is 71.5 Å². The lowest BCUT2D eigenvalue weighted by molar-refractivity contribution is -0.116. The first-order chi connectivity index (χ1) is 11.3. The molecule has 0 saturated carbocycles. The van der Waals surface area contributed by atoms with Gasteiger partial charge in [-0.25, -0.2) is 5.43 Å². The van der Waals surface area contributed by atoms with Gasteiger partial charge in [-0.15, -0.1) is 0 Å². The van der Waals surface area contributed by atoms with Gasteiger partial charge in [0.25, 0.3) is 5.91 Å². The Bertz CT molecular complexity index is 935. The van der Waals surface area contributed by atoms with E-state index in [1.54, 1.807) is 0 Å². The monoisotopic (exact) mass is 301 g/mol. The van der Waals surface area contributed by atoms with Gasteiger partial charge in [-0.1, -0.05) is 48.5 Å². The van der Waals surface area contributed by atoms with Crippen LogP contribution in [0.1, 0.15) is 11.1 Å². The van der Waals surface area contributed by atoms with E-state index in [0.717, 1.165) is 27.7 Å². The van der Waals surface area contributed by atoms with Crippen molar-refractivity contribution in [1.82, 2.24) is 10.4 Å². The number of carbonyl (C=O) groups excluding carboxylic acids is 1. The van der Waals surface area contributed by atoms with Crippen molar-refractivity contribution in [3.05, 3.63) is 77.5 Å². The smallest absolute Gasteiger partial charge is 0.273 e. The maximum atomic E-state index is 12.1. The van der Waals surface area contributed by atoms with Gasteiger partial charge in [-0.2, -0.15) is 5.10 Å². The van der Waals surface area contributed by atoms with Gasteiger partial charge >= 0.3 is 0 Å². The molecule has 0 atom stereocenters. The number of rotatable bonds is 3. The Labute approximate surface area is 133 Å². The highest BCUT2D eigenvalue weighted by atomic mass is 16.2. The van der Waals surface area contributed by atoms with Crippen LogP contribution in [0.25, 0.3) is 17.0 Å². The molecule has 4 heteroatoms. The van der Waals surface area contributed by atoms with Crippen LogP contribution in [0.4, 0.5) is 0 Å². The van der Waals surface area contributed by atoms with Gasteiger partial charge < -0.3 is 4.98 Å². The first kappa shape index (κ1) is 13.5. The normalized spacial score (nSPS) is 15.9. The lowest BCUT2D eigenvalue weighted by Crippen LogP contribution is -2.13. The van der Waals surface area contributed by atoms with Crippen LogP contribution < -0.4 is 5.43 Å². The third-order valence-corrected chi connectivity index (χ3v) is 3.98. The highest BCUT2D eigenvalue weighted by Crippen LogP contribution is 2.22. The minimum absolute atomic E-state index is 0.152. The Morgan fingerprint density at radius 2 is 1.78 bits per heavy atom. The zero-order valence-electron chi connectivity index (χ0n) is 12.4. The van der Waals surface area contributed by atoms with Gasteiger partial charge in [0.05, 0.1) is 11.3 Å². The summed E-state index contributed by atoms with van der Waals surface area (Å²) in [5.41, 5.74) is 7.15. The number of hydrogen-bond donors (Lipinski definition) is 2. The van der Waals surface area contributed by atoms with E-state index in [2.05, 4.69) is 15.5 Å². The third-order valence-electron chi connectivity index (χ3n) is 3.98. The molecule has 0 bridgehead atoms. The molecule has 1 amide bonds. The van der Waals surface area contributed by atoms with Gasteiger partial charge in [0.15, 0.2) is 0 Å². The molecule has 4 nitrogen and oxygen atoms in total. The number of aromatic amines is 1. The van der Waals surface area contributed by atoms with Crippen LogP contribution in [0.2, 0.25) is 0 Å². The fraction of sp³-hybridized carbons (Fsp3) is 0.0526. The van der Waals surface area contributed by atoms with Gasteiger partial charge in [0.1, 0.15) is 0 Å². The molecule has 2 heterocycles. The molecular formula is C19H15N3O. The van der Waals surface area contributed by atoms with Crippen LogP contribution in [-0.2, 0) is 11.2 Å². The molecule has 2 N–H and O–H groups in total. The molecule has 1 aliphatic rings. The summed E-state index contributed by atoms with van der Waals surface area (Å²) < 4.78 is 0. The second kappa shape index (κ2) is 5.57. The molecule has 0 fully saturated rings. The lowest BCUT2D eigenvalue weighted by atomic mass is 10.0. The first-order valence-electron chi connectivity index (χ1n) is 7.50. The SMILES string of the molecule is O=C1NN=C(Cc2ccccc2)/C1=C/c1c[nH]c2ccccc12. The predicted molar refractivity (Wildman–Crippen MR) is 92.0 cm³/mol. The number of nitrogens with one attached hydrogen (secondary N) is 2. The Morgan fingerprint density at radius 1 is 1.00 bits per heavy atom. The fourth-order valence-corrected chi connectivity index (χ4v) is 2.81. The number of benzene rings is 2. The minimum atomic E-state index is -0.152. The Balaban J connectivity index is 1.71. The number of hydrogen-bond acceptors (Lipinski definition) is 2. The topological polar surface area (TPSA) is 57.2 Å². The molecule has 1 aromatic heterocycles. The Kier molecular flexibility index (Phi) is 3.27. The molecule has 0 spiro atoms. The van der Waals surface area contributed by atoms with Crippen LogP contribution in [0, 0.1) is 0 Å². The van der Waals surface area contributed by atoms with E-state index in [1.807, 2.05) is 66.9 Å². The standard InChI is InChI=1S/C19H15N3O/c23-19-16(11-14-12-20-17-9-5-4-8-15(14)17)18(21-22-19)10-13-6-2-1-3-7-13/h1-9,11-12,20H,10H2,(H,22,23)/b16-11-. The molecule has 2 aromatic carbocycles. The van der Waals surface area contributed by atoms with Gasteiger partial charge in [0, 0.05) is 29.1 Å². The lowest BCUT2D eigenvalue weighted by Gasteiger charge is -2.02. The van der Waals surface area contributed by atoms with Gasteiger partial charge in [-0.3, -0.25) is 4.79 Å². The zero-order valence-corrected chi connectivity index (χ0v) is 12.4. The summed E-state index contributed by atoms with van der Waals surface area (Å²) in [6.07, 6.45) is 4.46. The highest BCUT2D eigenvalue weighted by Gasteiger charge is 2.23. The largest absolute Gasteiger partial charge is 0.361 e. The maximum absolute atomic E-state index is 12.1. The second-order valence-corrected chi connectivity index (χ2v) is 5.51. The summed E-state index contributed by atoms with van der Waals surface area (Å²) in [5, 5.41) is 5.29. The summed E-state index contributed by atoms with van der Waals surface area (Å²) in [6.45, 7) is 0. The Hall–Kier alpha value is -3.14. The van der Waals surface area contributed by atoms with Crippen molar-refractivity contribution in [2.45, 2.75) is 6.42 Å². The molecule has 0 radical (unpaired) electrons. The van der Waals surface area contributed by atoms with E-state index >= 15 is 0 Å². The fourth-order valence-electron chi connectivity index (χ4n) is 2.81. The molecule has 112 valence electrons. The number of hydrazone groups is 1. The first-order valence-corrected chi connectivity index (χ1v) is 7.50. The zero-order chi connectivity index (χ0) is 15.6. The predicted octanol–water partition coefficient (Wildman–Crippen LogP) is 3.28. The van der Waals surface area contributed by atoms with E-state index in [1.165, 1.54) is 0 Å². The number of carbonyl (C=O) groups is 1. The van der Waals surface area contributed by atoms with Gasteiger partial charge in [-0.05, 0) is 17.7 Å². The van der Waals surface area contributed by atoms with Crippen molar-refractivity contribution in [2.75, 3.05) is 0 Å². The molecular weight excluding hydrogens is 286 g/mol. The summed E-state index contributed by atoms with van der Waals surface area (Å²) >= 11 is 0. The number of nitrogens with zero attached hydrogens (tertiary/aromatic N) is 1. The Morgan fingerprint density at radius 3 is 2.65 bits per heavy atom. The quantitative estimate of drug-likeness (QED) is 0.717. The van der Waals surface area contributed by atoms with E-state index in [0.29, 0.717) is 12.0 Å². The molecule has 3 aromatic rings. The van der Waals surface area contributed by atoms with E-state index in [4.69, 9.17) is 0 Å². The number of fused-ring (bicyclic) bond motifs is 1. The number of H-pyrrole nitrogens is 1. The molecule has 0 saturated heterocycles. The summed E-state index contributed by atoms with van der Waals surface area (Å²) in [7, 11) is 0. The van der Waals surface area contributed by atoms with E-state index in [9.17, 15) is 4.79 Å². The summed E-state index contributed by atoms with van der Waals surface area (Å²) in [4.78, 5) is 15.4. The number of para-hydroxylation sites is 1. The minimum Gasteiger partial charge on any atom is -0.361 e. The summed E-state index contributed by atoms with van der Waals surface area (Å²) in [5.74, 6) is -0.152. The average Bonchev–Trinajstić information content (AvgIpc) is 3.15. The third kappa shape index (κ3) is 2.55. The second-order valence-electron chi connectivity index (χ2n) is 5.51. The number of amides is 1. The van der Waals surface area contributed by atoms with E-state index in [-0.39, 0.29) is 5.91 Å². The van der Waals surface area contributed by atoms with Crippen LogP contribution in [0.5, 0.6) is 0 Å². The van der Waals surface area contributed by atoms with Crippen LogP contribution in [-0.4, -0.2) is 16.6 Å². The molecule has 0 aliphatic carbocycles. The molecule has 1 aliphatic heterocycles.